The van der Waals surface area contributed by atoms with E-state index in [1.54, 1.807) is 7.11 Å². The Bertz CT molecular complexity index is 544. The molecule has 128 valence electrons. The van der Waals surface area contributed by atoms with Crippen molar-refractivity contribution in [3.05, 3.63) is 28.8 Å². The highest BCUT2D eigenvalue weighted by Gasteiger charge is 2.24. The standard InChI is InChI=1S/C18H27NO4/c1-13-5-6-14(2)18(15(13)3)23-12-17(20)19-8-10-22-16(11-19)7-9-21-4/h5-6,16H,7-12H2,1-4H3. The maximum Gasteiger partial charge on any atom is 0.260 e. The van der Waals surface area contributed by atoms with Crippen LogP contribution in [0.3, 0.4) is 0 Å². The van der Waals surface area contributed by atoms with E-state index in [1.165, 1.54) is 5.56 Å². The minimum atomic E-state index is 0.0102. The van der Waals surface area contributed by atoms with Crippen molar-refractivity contribution in [1.82, 2.24) is 4.90 Å². The number of amides is 1. The Labute approximate surface area is 138 Å². The van der Waals surface area contributed by atoms with E-state index >= 15 is 0 Å². The summed E-state index contributed by atoms with van der Waals surface area (Å²) >= 11 is 0. The lowest BCUT2D eigenvalue weighted by Crippen LogP contribution is -2.47. The fraction of sp³-hybridized carbons (Fsp3) is 0.611. The Kier molecular flexibility index (Phi) is 6.42. The quantitative estimate of drug-likeness (QED) is 0.806. The van der Waals surface area contributed by atoms with Crippen LogP contribution in [0, 0.1) is 20.8 Å². The third-order valence-corrected chi connectivity index (χ3v) is 4.35. The van der Waals surface area contributed by atoms with Crippen LogP contribution in [-0.2, 0) is 14.3 Å². The van der Waals surface area contributed by atoms with Crippen LogP contribution in [0.1, 0.15) is 23.1 Å². The molecule has 23 heavy (non-hydrogen) atoms. The lowest BCUT2D eigenvalue weighted by Gasteiger charge is -2.33. The molecular formula is C18H27NO4. The Morgan fingerprint density at radius 1 is 1.30 bits per heavy atom. The first-order valence-electron chi connectivity index (χ1n) is 8.11. The Hall–Kier alpha value is -1.59. The van der Waals surface area contributed by atoms with E-state index in [-0.39, 0.29) is 18.6 Å². The van der Waals surface area contributed by atoms with Crippen LogP contribution in [0.5, 0.6) is 5.75 Å². The number of aryl methyl sites for hydroxylation is 2. The van der Waals surface area contributed by atoms with Gasteiger partial charge in [0.05, 0.1) is 12.7 Å². The van der Waals surface area contributed by atoms with E-state index < -0.39 is 0 Å². The van der Waals surface area contributed by atoms with Gasteiger partial charge in [0, 0.05) is 26.8 Å². The molecule has 0 spiro atoms. The lowest BCUT2D eigenvalue weighted by atomic mass is 10.1. The van der Waals surface area contributed by atoms with E-state index in [9.17, 15) is 4.79 Å². The largest absolute Gasteiger partial charge is 0.483 e. The van der Waals surface area contributed by atoms with Crippen molar-refractivity contribution < 1.29 is 19.0 Å². The van der Waals surface area contributed by atoms with Gasteiger partial charge in [0.1, 0.15) is 5.75 Å². The fourth-order valence-corrected chi connectivity index (χ4v) is 2.74. The highest BCUT2D eigenvalue weighted by molar-refractivity contribution is 5.78. The molecule has 0 bridgehead atoms. The summed E-state index contributed by atoms with van der Waals surface area (Å²) in [4.78, 5) is 14.2. The Balaban J connectivity index is 1.91. The minimum absolute atomic E-state index is 0.0102. The number of carbonyl (C=O) groups excluding carboxylic acids is 1. The van der Waals surface area contributed by atoms with E-state index in [2.05, 4.69) is 6.07 Å². The van der Waals surface area contributed by atoms with Gasteiger partial charge in [-0.15, -0.1) is 0 Å². The number of ether oxygens (including phenoxy) is 3. The van der Waals surface area contributed by atoms with Gasteiger partial charge in [0.25, 0.3) is 5.91 Å². The summed E-state index contributed by atoms with van der Waals surface area (Å²) in [6.07, 6.45) is 0.854. The van der Waals surface area contributed by atoms with E-state index in [1.807, 2.05) is 31.7 Å². The number of benzene rings is 1. The van der Waals surface area contributed by atoms with Crippen molar-refractivity contribution in [2.45, 2.75) is 33.3 Å². The molecule has 0 aromatic heterocycles. The third-order valence-electron chi connectivity index (χ3n) is 4.35. The van der Waals surface area contributed by atoms with Crippen molar-refractivity contribution in [3.63, 3.8) is 0 Å². The van der Waals surface area contributed by atoms with Crippen LogP contribution in [0.25, 0.3) is 0 Å². The van der Waals surface area contributed by atoms with Gasteiger partial charge in [-0.25, -0.2) is 0 Å². The number of hydrogen-bond donors (Lipinski definition) is 0. The molecule has 1 aliphatic heterocycles. The van der Waals surface area contributed by atoms with Crippen LogP contribution in [0.4, 0.5) is 0 Å². The molecule has 1 aromatic rings. The molecule has 5 heteroatoms. The summed E-state index contributed by atoms with van der Waals surface area (Å²) in [7, 11) is 1.67. The SMILES string of the molecule is COCCC1CN(C(=O)COc2c(C)ccc(C)c2C)CCO1. The average Bonchev–Trinajstić information content (AvgIpc) is 2.56. The number of rotatable bonds is 6. The third kappa shape index (κ3) is 4.69. The normalized spacial score (nSPS) is 18.1. The second kappa shape index (κ2) is 8.31. The zero-order chi connectivity index (χ0) is 16.8. The summed E-state index contributed by atoms with van der Waals surface area (Å²) in [5, 5.41) is 0. The summed E-state index contributed by atoms with van der Waals surface area (Å²) < 4.78 is 16.6. The number of nitrogens with zero attached hydrogens (tertiary/aromatic N) is 1. The van der Waals surface area contributed by atoms with Crippen LogP contribution in [0.2, 0.25) is 0 Å². The maximum atomic E-state index is 12.4. The average molecular weight is 321 g/mol. The molecular weight excluding hydrogens is 294 g/mol. The van der Waals surface area contributed by atoms with Crippen molar-refractivity contribution in [1.29, 1.82) is 0 Å². The van der Waals surface area contributed by atoms with Crippen molar-refractivity contribution in [3.8, 4) is 5.75 Å². The van der Waals surface area contributed by atoms with Crippen molar-refractivity contribution >= 4 is 5.91 Å². The van der Waals surface area contributed by atoms with Gasteiger partial charge in [-0.2, -0.15) is 0 Å². The molecule has 1 aromatic carbocycles. The number of methoxy groups -OCH3 is 1. The number of carbonyl (C=O) groups is 1. The second-order valence-corrected chi connectivity index (χ2v) is 6.06. The highest BCUT2D eigenvalue weighted by Crippen LogP contribution is 2.25. The molecule has 1 atom stereocenters. The highest BCUT2D eigenvalue weighted by atomic mass is 16.5. The summed E-state index contributed by atoms with van der Waals surface area (Å²) in [6, 6.07) is 4.10. The van der Waals surface area contributed by atoms with E-state index in [4.69, 9.17) is 14.2 Å². The molecule has 1 saturated heterocycles. The molecule has 1 heterocycles. The van der Waals surface area contributed by atoms with Gasteiger partial charge in [-0.3, -0.25) is 4.79 Å². The first-order chi connectivity index (χ1) is 11.0. The molecule has 2 rings (SSSR count). The molecule has 0 saturated carbocycles. The van der Waals surface area contributed by atoms with Crippen molar-refractivity contribution in [2.24, 2.45) is 0 Å². The maximum absolute atomic E-state index is 12.4. The monoisotopic (exact) mass is 321 g/mol. The molecule has 0 aliphatic carbocycles. The summed E-state index contributed by atoms with van der Waals surface area (Å²) in [5.41, 5.74) is 3.32. The molecule has 1 aliphatic rings. The predicted octanol–water partition coefficient (Wildman–Crippen LogP) is 2.25. The molecule has 1 fully saturated rings. The summed E-state index contributed by atoms with van der Waals surface area (Å²) in [5.74, 6) is 0.832. The fourth-order valence-electron chi connectivity index (χ4n) is 2.74. The van der Waals surface area contributed by atoms with Gasteiger partial charge < -0.3 is 19.1 Å². The van der Waals surface area contributed by atoms with Gasteiger partial charge in [0.2, 0.25) is 0 Å². The number of morpholine rings is 1. The van der Waals surface area contributed by atoms with Crippen LogP contribution < -0.4 is 4.74 Å². The van der Waals surface area contributed by atoms with Gasteiger partial charge in [-0.1, -0.05) is 12.1 Å². The Morgan fingerprint density at radius 3 is 2.78 bits per heavy atom. The first kappa shape index (κ1) is 17.8. The predicted molar refractivity (Wildman–Crippen MR) is 89.0 cm³/mol. The minimum Gasteiger partial charge on any atom is -0.483 e. The topological polar surface area (TPSA) is 48.0 Å². The smallest absolute Gasteiger partial charge is 0.260 e. The van der Waals surface area contributed by atoms with Crippen LogP contribution in [-0.4, -0.2) is 56.9 Å². The van der Waals surface area contributed by atoms with Crippen LogP contribution in [0.15, 0.2) is 12.1 Å². The van der Waals surface area contributed by atoms with Crippen molar-refractivity contribution in [2.75, 3.05) is 40.0 Å². The molecule has 0 N–H and O–H groups in total. The lowest BCUT2D eigenvalue weighted by molar-refractivity contribution is -0.141. The molecule has 1 amide bonds. The van der Waals surface area contributed by atoms with Crippen LogP contribution >= 0.6 is 0 Å². The van der Waals surface area contributed by atoms with Gasteiger partial charge in [0.15, 0.2) is 6.61 Å². The Morgan fingerprint density at radius 2 is 2.04 bits per heavy atom. The molecule has 5 nitrogen and oxygen atoms in total. The zero-order valence-electron chi connectivity index (χ0n) is 14.6. The molecule has 0 radical (unpaired) electrons. The summed E-state index contributed by atoms with van der Waals surface area (Å²) in [6.45, 7) is 8.59. The molecule has 1 unspecified atom stereocenters. The zero-order valence-corrected chi connectivity index (χ0v) is 14.6. The van der Waals surface area contributed by atoms with Gasteiger partial charge >= 0.3 is 0 Å². The first-order valence-corrected chi connectivity index (χ1v) is 8.11. The van der Waals surface area contributed by atoms with Gasteiger partial charge in [-0.05, 0) is 43.9 Å². The van der Waals surface area contributed by atoms with E-state index in [0.29, 0.717) is 26.3 Å². The number of hydrogen-bond acceptors (Lipinski definition) is 4. The second-order valence-electron chi connectivity index (χ2n) is 6.06. The van der Waals surface area contributed by atoms with E-state index in [0.717, 1.165) is 23.3 Å².